The largest absolute Gasteiger partial charge is 0.482 e. The van der Waals surface area contributed by atoms with Gasteiger partial charge < -0.3 is 9.30 Å². The molecule has 0 saturated carbocycles. The summed E-state index contributed by atoms with van der Waals surface area (Å²) >= 11 is 7.56. The van der Waals surface area contributed by atoms with Crippen molar-refractivity contribution < 1.29 is 14.5 Å². The van der Waals surface area contributed by atoms with Crippen LogP contribution < -0.4 is 10.2 Å². The topological polar surface area (TPSA) is 98.8 Å². The van der Waals surface area contributed by atoms with E-state index in [-0.39, 0.29) is 12.3 Å². The zero-order valence-corrected chi connectivity index (χ0v) is 21.6. The quantitative estimate of drug-likeness (QED) is 0.153. The molecule has 8 nitrogen and oxygen atoms in total. The maximum Gasteiger partial charge on any atom is 0.277 e. The van der Waals surface area contributed by atoms with Crippen LogP contribution in [0.4, 0.5) is 5.69 Å². The van der Waals surface area contributed by atoms with Crippen LogP contribution in [0.5, 0.6) is 5.75 Å². The highest BCUT2D eigenvalue weighted by Crippen LogP contribution is 2.30. The van der Waals surface area contributed by atoms with E-state index in [1.165, 1.54) is 23.9 Å². The molecule has 0 aliphatic heterocycles. The van der Waals surface area contributed by atoms with Gasteiger partial charge in [0.05, 0.1) is 16.2 Å². The highest BCUT2D eigenvalue weighted by atomic mass is 35.5. The van der Waals surface area contributed by atoms with E-state index in [0.29, 0.717) is 10.8 Å². The van der Waals surface area contributed by atoms with Crippen molar-refractivity contribution >= 4 is 41.2 Å². The highest BCUT2D eigenvalue weighted by Gasteiger charge is 2.11. The first-order valence-corrected chi connectivity index (χ1v) is 12.4. The summed E-state index contributed by atoms with van der Waals surface area (Å²) in [5.41, 5.74) is 6.39. The molecular formula is C27H23ClN4O4S. The van der Waals surface area contributed by atoms with Crippen molar-refractivity contribution in [3.05, 3.63) is 111 Å². The molecule has 0 fully saturated rings. The Morgan fingerprint density at radius 1 is 1.08 bits per heavy atom. The number of nitro benzene ring substituents is 1. The number of hydrogen-bond donors (Lipinski definition) is 1. The van der Waals surface area contributed by atoms with Crippen molar-refractivity contribution in [3.8, 4) is 11.4 Å². The maximum absolute atomic E-state index is 12.1. The third kappa shape index (κ3) is 6.58. The number of hydrogen-bond acceptors (Lipinski definition) is 6. The van der Waals surface area contributed by atoms with Crippen molar-refractivity contribution in [2.45, 2.75) is 23.6 Å². The van der Waals surface area contributed by atoms with Crippen LogP contribution in [0.25, 0.3) is 5.69 Å². The van der Waals surface area contributed by atoms with E-state index < -0.39 is 10.8 Å². The molecule has 4 aromatic rings. The van der Waals surface area contributed by atoms with Gasteiger partial charge in [-0.25, -0.2) is 5.43 Å². The summed E-state index contributed by atoms with van der Waals surface area (Å²) in [4.78, 5) is 24.4. The number of nitrogens with zero attached hydrogens (tertiary/aromatic N) is 3. The fourth-order valence-electron chi connectivity index (χ4n) is 3.66. The number of nitro groups is 1. The van der Waals surface area contributed by atoms with Gasteiger partial charge in [0.15, 0.2) is 6.61 Å². The van der Waals surface area contributed by atoms with Gasteiger partial charge in [0.1, 0.15) is 5.75 Å². The molecular weight excluding hydrogens is 512 g/mol. The van der Waals surface area contributed by atoms with Gasteiger partial charge in [-0.3, -0.25) is 14.9 Å². The van der Waals surface area contributed by atoms with E-state index in [4.69, 9.17) is 16.3 Å². The van der Waals surface area contributed by atoms with Crippen LogP contribution in [0, 0.1) is 24.0 Å². The Bertz CT molecular complexity index is 1450. The summed E-state index contributed by atoms with van der Waals surface area (Å²) in [5, 5.41) is 15.3. The number of rotatable bonds is 9. The third-order valence-corrected chi connectivity index (χ3v) is 6.76. The molecule has 0 saturated heterocycles. The van der Waals surface area contributed by atoms with Crippen molar-refractivity contribution in [1.82, 2.24) is 9.99 Å². The van der Waals surface area contributed by atoms with Crippen molar-refractivity contribution in [1.29, 1.82) is 0 Å². The molecule has 188 valence electrons. The molecule has 0 aliphatic carbocycles. The van der Waals surface area contributed by atoms with E-state index in [2.05, 4.69) is 15.1 Å². The summed E-state index contributed by atoms with van der Waals surface area (Å²) < 4.78 is 7.52. The number of halogens is 1. The smallest absolute Gasteiger partial charge is 0.277 e. The van der Waals surface area contributed by atoms with Crippen LogP contribution in [0.15, 0.2) is 93.8 Å². The summed E-state index contributed by atoms with van der Waals surface area (Å²) in [6.45, 7) is 3.78. The molecule has 0 bridgehead atoms. The summed E-state index contributed by atoms with van der Waals surface area (Å²) in [6.07, 6.45) is 1.60. The van der Waals surface area contributed by atoms with Crippen LogP contribution in [0.1, 0.15) is 17.0 Å². The number of hydrazone groups is 1. The third-order valence-electron chi connectivity index (χ3n) is 5.44. The number of ether oxygens (including phenoxy) is 1. The molecule has 1 heterocycles. The average Bonchev–Trinajstić information content (AvgIpc) is 3.17. The van der Waals surface area contributed by atoms with E-state index >= 15 is 0 Å². The van der Waals surface area contributed by atoms with Gasteiger partial charge in [0.25, 0.3) is 11.6 Å². The number of aromatic nitrogens is 1. The molecule has 0 unspecified atom stereocenters. The first-order valence-electron chi connectivity index (χ1n) is 11.2. The Labute approximate surface area is 223 Å². The van der Waals surface area contributed by atoms with Crippen LogP contribution in [-0.2, 0) is 4.79 Å². The standard InChI is InChI=1S/C27H23ClN4O4S/c1-18-15-20(16-29-30-27(33)17-36-26-6-4-3-5-25(26)28)19(2)31(18)21-7-11-23(12-8-21)37-24-13-9-22(10-14-24)32(34)35/h3-16H,17H2,1-2H3,(H,30,33)/b29-16-. The van der Waals surface area contributed by atoms with E-state index in [1.807, 2.05) is 44.2 Å². The highest BCUT2D eigenvalue weighted by molar-refractivity contribution is 7.99. The number of amides is 1. The van der Waals surface area contributed by atoms with Gasteiger partial charge in [-0.2, -0.15) is 5.10 Å². The Balaban J connectivity index is 1.38. The Kier molecular flexibility index (Phi) is 8.27. The predicted octanol–water partition coefficient (Wildman–Crippen LogP) is 6.34. The fourth-order valence-corrected chi connectivity index (χ4v) is 4.67. The number of carbonyl (C=O) groups excluding carboxylic acids is 1. The molecule has 1 aromatic heterocycles. The number of benzene rings is 3. The Morgan fingerprint density at radius 2 is 1.73 bits per heavy atom. The lowest BCUT2D eigenvalue weighted by Crippen LogP contribution is -2.24. The van der Waals surface area contributed by atoms with Crippen LogP contribution in [0.3, 0.4) is 0 Å². The summed E-state index contributed by atoms with van der Waals surface area (Å²) in [5.74, 6) is 0.0371. The van der Waals surface area contributed by atoms with Crippen LogP contribution >= 0.6 is 23.4 Å². The van der Waals surface area contributed by atoms with Crippen molar-refractivity contribution in [2.75, 3.05) is 6.61 Å². The number of non-ortho nitro benzene ring substituents is 1. The van der Waals surface area contributed by atoms with E-state index in [0.717, 1.165) is 32.4 Å². The second kappa shape index (κ2) is 11.8. The normalized spacial score (nSPS) is 11.0. The molecule has 0 spiro atoms. The molecule has 37 heavy (non-hydrogen) atoms. The molecule has 4 rings (SSSR count). The number of nitrogens with one attached hydrogen (secondary N) is 1. The van der Waals surface area contributed by atoms with Gasteiger partial charge in [-0.05, 0) is 68.4 Å². The zero-order chi connectivity index (χ0) is 26.4. The number of para-hydroxylation sites is 1. The average molecular weight is 535 g/mol. The van der Waals surface area contributed by atoms with Gasteiger partial charge in [-0.1, -0.05) is 35.5 Å². The SMILES string of the molecule is Cc1cc(/C=N\NC(=O)COc2ccccc2Cl)c(C)n1-c1ccc(Sc2ccc([N+](=O)[O-])cc2)cc1. The summed E-state index contributed by atoms with van der Waals surface area (Å²) in [6, 6.07) is 23.5. The minimum absolute atomic E-state index is 0.0718. The van der Waals surface area contributed by atoms with E-state index in [1.54, 1.807) is 42.6 Å². The monoisotopic (exact) mass is 534 g/mol. The molecule has 1 N–H and O–H groups in total. The van der Waals surface area contributed by atoms with Crippen LogP contribution in [0.2, 0.25) is 5.02 Å². The van der Waals surface area contributed by atoms with Gasteiger partial charge in [0.2, 0.25) is 0 Å². The molecule has 0 atom stereocenters. The van der Waals surface area contributed by atoms with Gasteiger partial charge in [0, 0.05) is 44.6 Å². The van der Waals surface area contributed by atoms with Gasteiger partial charge >= 0.3 is 0 Å². The second-order valence-electron chi connectivity index (χ2n) is 8.02. The second-order valence-corrected chi connectivity index (χ2v) is 9.58. The first-order chi connectivity index (χ1) is 17.8. The van der Waals surface area contributed by atoms with Crippen LogP contribution in [-0.4, -0.2) is 28.2 Å². The predicted molar refractivity (Wildman–Crippen MR) is 145 cm³/mol. The van der Waals surface area contributed by atoms with Crippen molar-refractivity contribution in [3.63, 3.8) is 0 Å². The molecule has 10 heteroatoms. The molecule has 0 aliphatic rings. The Hall–Kier alpha value is -4.08. The van der Waals surface area contributed by atoms with Gasteiger partial charge in [-0.15, -0.1) is 0 Å². The Morgan fingerprint density at radius 3 is 2.38 bits per heavy atom. The minimum Gasteiger partial charge on any atom is -0.482 e. The maximum atomic E-state index is 12.1. The lowest BCUT2D eigenvalue weighted by molar-refractivity contribution is -0.384. The summed E-state index contributed by atoms with van der Waals surface area (Å²) in [7, 11) is 0. The molecule has 3 aromatic carbocycles. The molecule has 1 amide bonds. The van der Waals surface area contributed by atoms with Crippen molar-refractivity contribution in [2.24, 2.45) is 5.10 Å². The lowest BCUT2D eigenvalue weighted by Gasteiger charge is -2.10. The number of aryl methyl sites for hydroxylation is 1. The van der Waals surface area contributed by atoms with E-state index in [9.17, 15) is 14.9 Å². The number of carbonyl (C=O) groups is 1. The molecule has 0 radical (unpaired) electrons. The first kappa shape index (κ1) is 26.0. The zero-order valence-electron chi connectivity index (χ0n) is 20.1. The minimum atomic E-state index is -0.408. The fraction of sp³-hybridized carbons (Fsp3) is 0.111. The lowest BCUT2D eigenvalue weighted by atomic mass is 10.2.